The van der Waals surface area contributed by atoms with Crippen molar-refractivity contribution in [1.29, 1.82) is 0 Å². The first-order valence-corrected chi connectivity index (χ1v) is 5.70. The Balaban J connectivity index is 2.66. The van der Waals surface area contributed by atoms with E-state index in [-0.39, 0.29) is 6.04 Å². The Morgan fingerprint density at radius 1 is 1.44 bits per heavy atom. The van der Waals surface area contributed by atoms with Gasteiger partial charge < -0.3 is 10.5 Å². The molecule has 0 amide bonds. The molecule has 0 bridgehead atoms. The zero-order chi connectivity index (χ0) is 11.8. The van der Waals surface area contributed by atoms with Crippen molar-refractivity contribution in [1.82, 2.24) is 0 Å². The van der Waals surface area contributed by atoms with Gasteiger partial charge in [-0.3, -0.25) is 0 Å². The molecular weight excluding hydrogens is 198 g/mol. The van der Waals surface area contributed by atoms with E-state index >= 15 is 0 Å². The summed E-state index contributed by atoms with van der Waals surface area (Å²) in [4.78, 5) is 0. The molecule has 0 aliphatic rings. The molecule has 0 saturated heterocycles. The molecule has 0 spiro atoms. The molecule has 1 rings (SSSR count). The summed E-state index contributed by atoms with van der Waals surface area (Å²) >= 11 is 0. The third-order valence-corrected chi connectivity index (χ3v) is 2.45. The zero-order valence-electron chi connectivity index (χ0n) is 9.78. The predicted molar refractivity (Wildman–Crippen MR) is 67.2 cm³/mol. The number of terminal acetylenes is 1. The minimum atomic E-state index is 0.0103. The molecule has 1 atom stereocenters. The lowest BCUT2D eigenvalue weighted by Crippen LogP contribution is -2.12. The smallest absolute Gasteiger partial charge is 0.124 e. The van der Waals surface area contributed by atoms with Gasteiger partial charge in [0.15, 0.2) is 0 Å². The molecule has 1 aromatic carbocycles. The van der Waals surface area contributed by atoms with E-state index in [1.165, 1.54) is 0 Å². The fourth-order valence-corrected chi connectivity index (χ4v) is 1.65. The molecule has 0 fully saturated rings. The molecule has 2 heteroatoms. The number of ether oxygens (including phenoxy) is 1. The van der Waals surface area contributed by atoms with Crippen molar-refractivity contribution in [3.05, 3.63) is 29.8 Å². The van der Waals surface area contributed by atoms with Gasteiger partial charge in [0.1, 0.15) is 5.75 Å². The van der Waals surface area contributed by atoms with Crippen LogP contribution in [0.1, 0.15) is 37.8 Å². The maximum atomic E-state index is 6.12. The van der Waals surface area contributed by atoms with Crippen molar-refractivity contribution in [3.8, 4) is 18.1 Å². The Morgan fingerprint density at radius 2 is 2.19 bits per heavy atom. The number of unbranched alkanes of at least 4 members (excludes halogenated alkanes) is 1. The first-order chi connectivity index (χ1) is 7.79. The van der Waals surface area contributed by atoms with Gasteiger partial charge >= 0.3 is 0 Å². The average molecular weight is 217 g/mol. The highest BCUT2D eigenvalue weighted by Gasteiger charge is 2.10. The minimum absolute atomic E-state index is 0.0103. The largest absolute Gasteiger partial charge is 0.494 e. The Bertz CT molecular complexity index is 354. The first-order valence-electron chi connectivity index (χ1n) is 5.70. The van der Waals surface area contributed by atoms with Crippen LogP contribution in [0, 0.1) is 12.3 Å². The fourth-order valence-electron chi connectivity index (χ4n) is 1.65. The summed E-state index contributed by atoms with van der Waals surface area (Å²) in [6.07, 6.45) is 7.85. The van der Waals surface area contributed by atoms with Crippen LogP contribution in [0.3, 0.4) is 0 Å². The monoisotopic (exact) mass is 217 g/mol. The quantitative estimate of drug-likeness (QED) is 0.587. The molecular formula is C14H19NO. The van der Waals surface area contributed by atoms with Crippen molar-refractivity contribution in [2.45, 2.75) is 32.2 Å². The first kappa shape index (κ1) is 12.6. The van der Waals surface area contributed by atoms with Crippen LogP contribution in [0.2, 0.25) is 0 Å². The molecule has 16 heavy (non-hydrogen) atoms. The van der Waals surface area contributed by atoms with Crippen molar-refractivity contribution < 1.29 is 4.74 Å². The van der Waals surface area contributed by atoms with Crippen LogP contribution in [0.15, 0.2) is 24.3 Å². The van der Waals surface area contributed by atoms with Crippen LogP contribution in [0.5, 0.6) is 5.75 Å². The predicted octanol–water partition coefficient (Wildman–Crippen LogP) is 2.89. The zero-order valence-corrected chi connectivity index (χ0v) is 9.78. The Labute approximate surface area is 97.8 Å². The second-order valence-electron chi connectivity index (χ2n) is 3.67. The highest BCUT2D eigenvalue weighted by Crippen LogP contribution is 2.26. The molecule has 0 aromatic heterocycles. The van der Waals surface area contributed by atoms with E-state index in [1.54, 1.807) is 0 Å². The van der Waals surface area contributed by atoms with Crippen LogP contribution in [-0.2, 0) is 0 Å². The summed E-state index contributed by atoms with van der Waals surface area (Å²) < 4.78 is 5.54. The minimum Gasteiger partial charge on any atom is -0.494 e. The third-order valence-electron chi connectivity index (χ3n) is 2.45. The van der Waals surface area contributed by atoms with Gasteiger partial charge in [-0.2, -0.15) is 0 Å². The van der Waals surface area contributed by atoms with E-state index < -0.39 is 0 Å². The molecule has 1 aromatic rings. The van der Waals surface area contributed by atoms with E-state index in [1.807, 2.05) is 31.2 Å². The number of hydrogen-bond donors (Lipinski definition) is 1. The molecule has 0 heterocycles. The average Bonchev–Trinajstić information content (AvgIpc) is 2.30. The van der Waals surface area contributed by atoms with Crippen LogP contribution in [0.25, 0.3) is 0 Å². The van der Waals surface area contributed by atoms with Crippen LogP contribution >= 0.6 is 0 Å². The SMILES string of the molecule is C#CCCCC(N)c1ccccc1OCC. The van der Waals surface area contributed by atoms with Gasteiger partial charge in [0.25, 0.3) is 0 Å². The Kier molecular flexibility index (Phi) is 5.45. The lowest BCUT2D eigenvalue weighted by molar-refractivity contribution is 0.333. The molecule has 1 unspecified atom stereocenters. The van der Waals surface area contributed by atoms with Crippen LogP contribution in [0.4, 0.5) is 0 Å². The van der Waals surface area contributed by atoms with Crippen molar-refractivity contribution in [2.24, 2.45) is 5.73 Å². The maximum Gasteiger partial charge on any atom is 0.124 e. The molecule has 0 saturated carbocycles. The second kappa shape index (κ2) is 6.92. The highest BCUT2D eigenvalue weighted by atomic mass is 16.5. The van der Waals surface area contributed by atoms with Crippen molar-refractivity contribution >= 4 is 0 Å². The summed E-state index contributed by atoms with van der Waals surface area (Å²) in [5.74, 6) is 3.51. The van der Waals surface area contributed by atoms with E-state index in [2.05, 4.69) is 5.92 Å². The Hall–Kier alpha value is -1.46. The number of benzene rings is 1. The van der Waals surface area contributed by atoms with Gasteiger partial charge in [-0.25, -0.2) is 0 Å². The lowest BCUT2D eigenvalue weighted by Gasteiger charge is -2.15. The van der Waals surface area contributed by atoms with Gasteiger partial charge in [-0.15, -0.1) is 12.3 Å². The molecule has 0 radical (unpaired) electrons. The van der Waals surface area contributed by atoms with Crippen molar-refractivity contribution in [3.63, 3.8) is 0 Å². The second-order valence-corrected chi connectivity index (χ2v) is 3.67. The standard InChI is InChI=1S/C14H19NO/c1-3-5-6-10-13(15)12-9-7-8-11-14(12)16-4-2/h1,7-9,11,13H,4-6,10,15H2,2H3. The highest BCUT2D eigenvalue weighted by molar-refractivity contribution is 5.35. The molecule has 0 aliphatic heterocycles. The van der Waals surface area contributed by atoms with Gasteiger partial charge in [-0.05, 0) is 25.8 Å². The lowest BCUT2D eigenvalue weighted by atomic mass is 10.0. The topological polar surface area (TPSA) is 35.2 Å². The molecule has 2 nitrogen and oxygen atoms in total. The van der Waals surface area contributed by atoms with Gasteiger partial charge in [0.2, 0.25) is 0 Å². The molecule has 86 valence electrons. The van der Waals surface area contributed by atoms with Crippen LogP contribution in [-0.4, -0.2) is 6.61 Å². The summed E-state index contributed by atoms with van der Waals surface area (Å²) in [5, 5.41) is 0. The molecule has 2 N–H and O–H groups in total. The summed E-state index contributed by atoms with van der Waals surface area (Å²) in [6, 6.07) is 7.93. The summed E-state index contributed by atoms with van der Waals surface area (Å²) in [6.45, 7) is 2.63. The number of rotatable bonds is 6. The number of para-hydroxylation sites is 1. The summed E-state index contributed by atoms with van der Waals surface area (Å²) in [7, 11) is 0. The van der Waals surface area contributed by atoms with Crippen molar-refractivity contribution in [2.75, 3.05) is 6.61 Å². The van der Waals surface area contributed by atoms with E-state index in [0.717, 1.165) is 30.6 Å². The summed E-state index contributed by atoms with van der Waals surface area (Å²) in [5.41, 5.74) is 7.19. The molecule has 0 aliphatic carbocycles. The number of hydrogen-bond acceptors (Lipinski definition) is 2. The van der Waals surface area contributed by atoms with E-state index in [9.17, 15) is 0 Å². The van der Waals surface area contributed by atoms with Gasteiger partial charge in [-0.1, -0.05) is 18.2 Å². The fraction of sp³-hybridized carbons (Fsp3) is 0.429. The van der Waals surface area contributed by atoms with Crippen LogP contribution < -0.4 is 10.5 Å². The normalized spacial score (nSPS) is 11.8. The maximum absolute atomic E-state index is 6.12. The van der Waals surface area contributed by atoms with E-state index in [4.69, 9.17) is 16.9 Å². The van der Waals surface area contributed by atoms with E-state index in [0.29, 0.717) is 6.61 Å². The number of nitrogens with two attached hydrogens (primary N) is 1. The van der Waals surface area contributed by atoms with Gasteiger partial charge in [0.05, 0.1) is 6.61 Å². The third kappa shape index (κ3) is 3.60. The van der Waals surface area contributed by atoms with Gasteiger partial charge in [0, 0.05) is 18.0 Å². The Morgan fingerprint density at radius 3 is 2.88 bits per heavy atom.